The molecule has 0 radical (unpaired) electrons. The molecular formula is C24H34N2O4S. The molecule has 0 spiro atoms. The Morgan fingerprint density at radius 1 is 1.06 bits per heavy atom. The summed E-state index contributed by atoms with van der Waals surface area (Å²) in [4.78, 5) is 12.6. The minimum absolute atomic E-state index is 0.0744. The van der Waals surface area contributed by atoms with Crippen molar-refractivity contribution in [2.75, 3.05) is 23.7 Å². The lowest BCUT2D eigenvalue weighted by atomic mass is 9.87. The van der Waals surface area contributed by atoms with Crippen LogP contribution < -0.4 is 14.4 Å². The first-order valence-electron chi connectivity index (χ1n) is 10.5. The second-order valence-electron chi connectivity index (χ2n) is 8.67. The number of aryl methyl sites for hydroxylation is 1. The highest BCUT2D eigenvalue weighted by Gasteiger charge is 2.28. The van der Waals surface area contributed by atoms with Gasteiger partial charge in [0.15, 0.2) is 0 Å². The van der Waals surface area contributed by atoms with Gasteiger partial charge in [0.05, 0.1) is 18.5 Å². The molecule has 6 nitrogen and oxygen atoms in total. The second-order valence-corrected chi connectivity index (χ2v) is 10.5. The molecule has 0 saturated carbocycles. The molecule has 1 N–H and O–H groups in total. The van der Waals surface area contributed by atoms with Crippen molar-refractivity contribution >= 4 is 21.6 Å². The molecule has 0 bridgehead atoms. The van der Waals surface area contributed by atoms with Crippen LogP contribution in [-0.4, -0.2) is 39.8 Å². The van der Waals surface area contributed by atoms with E-state index in [1.165, 1.54) is 5.56 Å². The molecule has 0 aliphatic heterocycles. The summed E-state index contributed by atoms with van der Waals surface area (Å²) in [5.41, 5.74) is 2.86. The largest absolute Gasteiger partial charge is 0.492 e. The number of ether oxygens (including phenoxy) is 1. The van der Waals surface area contributed by atoms with E-state index in [1.54, 1.807) is 19.1 Å². The summed E-state index contributed by atoms with van der Waals surface area (Å²) in [6.07, 6.45) is 1.96. The maximum absolute atomic E-state index is 12.6. The molecule has 0 saturated heterocycles. The van der Waals surface area contributed by atoms with Crippen LogP contribution in [0.4, 0.5) is 5.69 Å². The van der Waals surface area contributed by atoms with Crippen LogP contribution in [0.5, 0.6) is 5.75 Å². The number of hydrogen-bond donors (Lipinski definition) is 1. The van der Waals surface area contributed by atoms with Crippen LogP contribution in [0.2, 0.25) is 0 Å². The maximum atomic E-state index is 12.6. The lowest BCUT2D eigenvalue weighted by molar-refractivity contribution is -0.121. The first kappa shape index (κ1) is 24.7. The van der Waals surface area contributed by atoms with Gasteiger partial charge in [0.25, 0.3) is 0 Å². The Hall–Kier alpha value is -2.54. The summed E-state index contributed by atoms with van der Waals surface area (Å²) in [5.74, 6) is 0.348. The smallest absolute Gasteiger partial charge is 0.243 e. The van der Waals surface area contributed by atoms with Gasteiger partial charge in [0, 0.05) is 0 Å². The van der Waals surface area contributed by atoms with Gasteiger partial charge in [0.1, 0.15) is 18.4 Å². The average molecular weight is 447 g/mol. The van der Waals surface area contributed by atoms with Gasteiger partial charge in [-0.05, 0) is 54.2 Å². The summed E-state index contributed by atoms with van der Waals surface area (Å²) < 4.78 is 31.6. The van der Waals surface area contributed by atoms with Crippen LogP contribution >= 0.6 is 0 Å². The van der Waals surface area contributed by atoms with Gasteiger partial charge in [-0.1, -0.05) is 52.0 Å². The predicted octanol–water partition coefficient (Wildman–Crippen LogP) is 3.90. The van der Waals surface area contributed by atoms with Crippen molar-refractivity contribution in [1.82, 2.24) is 5.32 Å². The minimum atomic E-state index is -3.63. The molecule has 1 atom stereocenters. The van der Waals surface area contributed by atoms with E-state index in [-0.39, 0.29) is 24.5 Å². The molecule has 31 heavy (non-hydrogen) atoms. The number of rotatable bonds is 9. The van der Waals surface area contributed by atoms with Crippen LogP contribution in [0, 0.1) is 0 Å². The number of amides is 1. The highest BCUT2D eigenvalue weighted by atomic mass is 32.2. The normalized spacial score (nSPS) is 12.8. The zero-order chi connectivity index (χ0) is 23.2. The van der Waals surface area contributed by atoms with E-state index >= 15 is 0 Å². The van der Waals surface area contributed by atoms with E-state index in [9.17, 15) is 13.2 Å². The molecule has 0 fully saturated rings. The maximum Gasteiger partial charge on any atom is 0.243 e. The molecule has 0 unspecified atom stereocenters. The Morgan fingerprint density at radius 2 is 1.65 bits per heavy atom. The molecule has 1 amide bonds. The molecule has 2 aromatic rings. The van der Waals surface area contributed by atoms with Gasteiger partial charge in [-0.15, -0.1) is 0 Å². The fraction of sp³-hybridized carbons (Fsp3) is 0.458. The van der Waals surface area contributed by atoms with Gasteiger partial charge in [-0.2, -0.15) is 0 Å². The zero-order valence-corrected chi connectivity index (χ0v) is 20.1. The predicted molar refractivity (Wildman–Crippen MR) is 126 cm³/mol. The number of carbonyl (C=O) groups excluding carboxylic acids is 1. The molecule has 0 aliphatic rings. The van der Waals surface area contributed by atoms with Gasteiger partial charge in [0.2, 0.25) is 15.9 Å². The van der Waals surface area contributed by atoms with Crippen LogP contribution in [0.3, 0.4) is 0 Å². The number of sulfonamides is 1. The fourth-order valence-corrected chi connectivity index (χ4v) is 4.40. The van der Waals surface area contributed by atoms with E-state index in [0.717, 1.165) is 28.3 Å². The highest BCUT2D eigenvalue weighted by molar-refractivity contribution is 7.92. The number of nitrogens with zero attached hydrogens (tertiary/aromatic N) is 1. The lowest BCUT2D eigenvalue weighted by Gasteiger charge is -2.28. The SMILES string of the molecule is CCc1ccc(N([C@@H](C)C(=O)NCCOc2ccc(C(C)(C)C)cc2)S(C)(=O)=O)cc1. The average Bonchev–Trinajstić information content (AvgIpc) is 2.70. The van der Waals surface area contributed by atoms with E-state index < -0.39 is 16.1 Å². The fourth-order valence-electron chi connectivity index (χ4n) is 3.23. The second kappa shape index (κ2) is 10.2. The van der Waals surface area contributed by atoms with E-state index in [1.807, 2.05) is 43.3 Å². The molecule has 2 rings (SSSR count). The van der Waals surface area contributed by atoms with Crippen LogP contribution in [0.1, 0.15) is 45.7 Å². The van der Waals surface area contributed by atoms with E-state index in [0.29, 0.717) is 5.69 Å². The van der Waals surface area contributed by atoms with Crippen molar-refractivity contribution in [3.8, 4) is 5.75 Å². The molecule has 0 aromatic heterocycles. The van der Waals surface area contributed by atoms with Crippen molar-refractivity contribution < 1.29 is 17.9 Å². The molecule has 0 heterocycles. The number of carbonyl (C=O) groups is 1. The van der Waals surface area contributed by atoms with Gasteiger partial charge in [-0.3, -0.25) is 9.10 Å². The van der Waals surface area contributed by atoms with Crippen LogP contribution in [0.15, 0.2) is 48.5 Å². The third kappa shape index (κ3) is 6.99. The molecular weight excluding hydrogens is 412 g/mol. The first-order chi connectivity index (χ1) is 14.4. The Bertz CT molecular complexity index is 962. The van der Waals surface area contributed by atoms with Crippen molar-refractivity contribution in [3.63, 3.8) is 0 Å². The third-order valence-electron chi connectivity index (χ3n) is 5.08. The van der Waals surface area contributed by atoms with E-state index in [4.69, 9.17) is 4.74 Å². The quantitative estimate of drug-likeness (QED) is 0.593. The Labute approximate surface area is 186 Å². The molecule has 0 aliphatic carbocycles. The summed E-state index contributed by atoms with van der Waals surface area (Å²) in [6, 6.07) is 14.2. The Balaban J connectivity index is 1.94. The monoisotopic (exact) mass is 446 g/mol. The number of nitrogens with one attached hydrogen (secondary N) is 1. The topological polar surface area (TPSA) is 75.7 Å². The van der Waals surface area contributed by atoms with Gasteiger partial charge in [-0.25, -0.2) is 8.42 Å². The van der Waals surface area contributed by atoms with Crippen molar-refractivity contribution in [2.45, 2.75) is 52.5 Å². The Morgan fingerprint density at radius 3 is 2.13 bits per heavy atom. The third-order valence-corrected chi connectivity index (χ3v) is 6.32. The summed E-state index contributed by atoms with van der Waals surface area (Å²) in [6.45, 7) is 10.6. The summed E-state index contributed by atoms with van der Waals surface area (Å²) in [7, 11) is -3.63. The standard InChI is InChI=1S/C24H34N2O4S/c1-7-19-8-12-21(13-9-19)26(31(6,28)29)18(2)23(27)25-16-17-30-22-14-10-20(11-15-22)24(3,4)5/h8-15,18H,7,16-17H2,1-6H3,(H,25,27)/t18-/m0/s1. The number of benzene rings is 2. The Kier molecular flexibility index (Phi) is 8.12. The first-order valence-corrected chi connectivity index (χ1v) is 12.4. The number of hydrogen-bond acceptors (Lipinski definition) is 4. The molecule has 2 aromatic carbocycles. The van der Waals surface area contributed by atoms with Gasteiger partial charge < -0.3 is 10.1 Å². The summed E-state index contributed by atoms with van der Waals surface area (Å²) in [5, 5.41) is 2.76. The number of anilines is 1. The van der Waals surface area contributed by atoms with Crippen molar-refractivity contribution in [2.24, 2.45) is 0 Å². The summed E-state index contributed by atoms with van der Waals surface area (Å²) >= 11 is 0. The minimum Gasteiger partial charge on any atom is -0.492 e. The highest BCUT2D eigenvalue weighted by Crippen LogP contribution is 2.24. The van der Waals surface area contributed by atoms with Crippen molar-refractivity contribution in [3.05, 3.63) is 59.7 Å². The lowest BCUT2D eigenvalue weighted by Crippen LogP contribution is -2.48. The van der Waals surface area contributed by atoms with Crippen LogP contribution in [0.25, 0.3) is 0 Å². The molecule has 7 heteroatoms. The zero-order valence-electron chi connectivity index (χ0n) is 19.3. The molecule has 170 valence electrons. The van der Waals surface area contributed by atoms with Gasteiger partial charge >= 0.3 is 0 Å². The van der Waals surface area contributed by atoms with Crippen LogP contribution in [-0.2, 0) is 26.7 Å². The van der Waals surface area contributed by atoms with E-state index in [2.05, 4.69) is 26.1 Å². The van der Waals surface area contributed by atoms with Crippen molar-refractivity contribution in [1.29, 1.82) is 0 Å².